The number of hydrogen-bond acceptors (Lipinski definition) is 6. The molecule has 6 N–H and O–H groups in total. The Morgan fingerprint density at radius 2 is 1.68 bits per heavy atom. The van der Waals surface area contributed by atoms with Gasteiger partial charge in [0.25, 0.3) is 10.0 Å². The Morgan fingerprint density at radius 1 is 0.912 bits per heavy atom. The van der Waals surface area contributed by atoms with Crippen LogP contribution in [0, 0.1) is 0 Å². The number of nitrogens with zero attached hydrogens (tertiary/aromatic N) is 1. The van der Waals surface area contributed by atoms with Crippen LogP contribution in [0.5, 0.6) is 0 Å². The molecule has 0 spiro atoms. The second-order valence-corrected chi connectivity index (χ2v) is 11.1. The predicted molar refractivity (Wildman–Crippen MR) is 136 cm³/mol. The molecule has 2 aliphatic carbocycles. The molecule has 2 fully saturated rings. The molecule has 2 aliphatic rings. The fraction of sp³-hybridized carbons (Fsp3) is 0.346. The minimum Gasteiger partial charge on any atom is -0.384 e. The Balaban J connectivity index is 1.23. The lowest BCUT2D eigenvalue weighted by atomic mass is 9.92. The molecule has 8 heteroatoms. The smallest absolute Gasteiger partial charge is 0.263 e. The van der Waals surface area contributed by atoms with Crippen LogP contribution in [-0.2, 0) is 10.0 Å². The van der Waals surface area contributed by atoms with E-state index in [0.29, 0.717) is 29.7 Å². The molecule has 7 nitrogen and oxygen atoms in total. The monoisotopic (exact) mass is 477 g/mol. The molecular weight excluding hydrogens is 446 g/mol. The number of nitrogen functional groups attached to an aromatic ring is 1. The van der Waals surface area contributed by atoms with Crippen molar-refractivity contribution in [1.29, 1.82) is 0 Å². The highest BCUT2D eigenvalue weighted by Gasteiger charge is 2.39. The molecule has 1 unspecified atom stereocenters. The molecule has 0 aliphatic heterocycles. The largest absolute Gasteiger partial charge is 0.384 e. The molecule has 2 atom stereocenters. The first-order valence-electron chi connectivity index (χ1n) is 11.8. The van der Waals surface area contributed by atoms with Gasteiger partial charge in [0.2, 0.25) is 0 Å². The number of anilines is 2. The molecule has 3 aromatic rings. The number of hydrogen-bond donors (Lipinski definition) is 4. The third-order valence-corrected chi connectivity index (χ3v) is 8.24. The molecule has 2 aromatic carbocycles. The topological polar surface area (TPSA) is 123 Å². The zero-order valence-electron chi connectivity index (χ0n) is 19.0. The maximum atomic E-state index is 12.7. The average molecular weight is 478 g/mol. The molecule has 34 heavy (non-hydrogen) atoms. The molecule has 1 aromatic heterocycles. The van der Waals surface area contributed by atoms with Gasteiger partial charge in [0.05, 0.1) is 0 Å². The number of nitrogens with one attached hydrogen (secondary N) is 2. The molecule has 5 rings (SSSR count). The predicted octanol–water partition coefficient (Wildman–Crippen LogP) is 3.85. The van der Waals surface area contributed by atoms with E-state index in [1.807, 2.05) is 18.2 Å². The van der Waals surface area contributed by atoms with E-state index >= 15 is 0 Å². The summed E-state index contributed by atoms with van der Waals surface area (Å²) >= 11 is 0. The zero-order chi connectivity index (χ0) is 23.7. The van der Waals surface area contributed by atoms with Crippen molar-refractivity contribution >= 4 is 21.5 Å². The standard InChI is InChI=1S/C26H31N5O2S/c27-20-8-10-21(11-9-20)30-25-15-24(25)18-6-4-17(5-7-18)19-2-1-3-22(14-19)31-34(32,33)23-12-13-26(28)29-16-23/h1-7,12-14,16,20-21,24-25,30-31H,8-11,15,27H2,(H2,28,29)/t20?,21?,24-,25?/m1/s1. The maximum Gasteiger partial charge on any atom is 0.263 e. The fourth-order valence-corrected chi connectivity index (χ4v) is 5.78. The van der Waals surface area contributed by atoms with Crippen LogP contribution in [0.2, 0.25) is 0 Å². The lowest BCUT2D eigenvalue weighted by molar-refractivity contribution is 0.339. The molecule has 0 radical (unpaired) electrons. The van der Waals surface area contributed by atoms with Crippen molar-refractivity contribution in [3.05, 3.63) is 72.4 Å². The number of pyridine rings is 1. The van der Waals surface area contributed by atoms with Gasteiger partial charge in [0, 0.05) is 35.9 Å². The third-order valence-electron chi connectivity index (χ3n) is 6.87. The Hall–Kier alpha value is -2.94. The number of aromatic nitrogens is 1. The second kappa shape index (κ2) is 9.37. The van der Waals surface area contributed by atoms with E-state index in [9.17, 15) is 8.42 Å². The van der Waals surface area contributed by atoms with Crippen LogP contribution < -0.4 is 21.5 Å². The van der Waals surface area contributed by atoms with Crippen LogP contribution in [-0.4, -0.2) is 31.5 Å². The van der Waals surface area contributed by atoms with Crippen LogP contribution in [0.25, 0.3) is 11.1 Å². The number of rotatable bonds is 7. The first-order chi connectivity index (χ1) is 16.4. The van der Waals surface area contributed by atoms with Gasteiger partial charge >= 0.3 is 0 Å². The molecule has 2 saturated carbocycles. The second-order valence-electron chi connectivity index (χ2n) is 9.45. The van der Waals surface area contributed by atoms with E-state index in [0.717, 1.165) is 24.0 Å². The van der Waals surface area contributed by atoms with Gasteiger partial charge in [0.1, 0.15) is 10.7 Å². The normalized spacial score (nSPS) is 24.5. The third kappa shape index (κ3) is 5.24. The van der Waals surface area contributed by atoms with Crippen molar-refractivity contribution in [1.82, 2.24) is 10.3 Å². The van der Waals surface area contributed by atoms with Crippen molar-refractivity contribution in [3.63, 3.8) is 0 Å². The van der Waals surface area contributed by atoms with Crippen LogP contribution >= 0.6 is 0 Å². The molecule has 1 heterocycles. The number of sulfonamides is 1. The van der Waals surface area contributed by atoms with Crippen LogP contribution in [0.4, 0.5) is 11.5 Å². The lowest BCUT2D eigenvalue weighted by Crippen LogP contribution is -2.38. The minimum atomic E-state index is -3.74. The summed E-state index contributed by atoms with van der Waals surface area (Å²) in [6.07, 6.45) is 7.03. The Morgan fingerprint density at radius 3 is 2.38 bits per heavy atom. The first kappa shape index (κ1) is 22.8. The summed E-state index contributed by atoms with van der Waals surface area (Å²) in [6, 6.07) is 20.5. The Bertz CT molecular complexity index is 1240. The molecule has 178 valence electrons. The van der Waals surface area contributed by atoms with Gasteiger partial charge < -0.3 is 16.8 Å². The van der Waals surface area contributed by atoms with Crippen LogP contribution in [0.15, 0.2) is 71.8 Å². The van der Waals surface area contributed by atoms with Crippen molar-refractivity contribution in [2.24, 2.45) is 5.73 Å². The van der Waals surface area contributed by atoms with E-state index in [-0.39, 0.29) is 10.7 Å². The summed E-state index contributed by atoms with van der Waals surface area (Å²) < 4.78 is 28.0. The SMILES string of the molecule is Nc1ccc(S(=O)(=O)Nc2cccc(-c3ccc([C@H]4CC4NC4CCC(N)CC4)cc3)c2)cn1. The quantitative estimate of drug-likeness (QED) is 0.410. The summed E-state index contributed by atoms with van der Waals surface area (Å²) in [7, 11) is -3.74. The molecule has 0 saturated heterocycles. The number of nitrogens with two attached hydrogens (primary N) is 2. The van der Waals surface area contributed by atoms with Gasteiger partial charge in [-0.3, -0.25) is 4.72 Å². The fourth-order valence-electron chi connectivity index (χ4n) is 4.79. The van der Waals surface area contributed by atoms with E-state index in [2.05, 4.69) is 39.3 Å². The zero-order valence-corrected chi connectivity index (χ0v) is 19.8. The molecule has 0 amide bonds. The van der Waals surface area contributed by atoms with E-state index in [1.54, 1.807) is 6.07 Å². The van der Waals surface area contributed by atoms with Gasteiger partial charge in [-0.15, -0.1) is 0 Å². The van der Waals surface area contributed by atoms with Gasteiger partial charge in [-0.2, -0.15) is 0 Å². The highest BCUT2D eigenvalue weighted by atomic mass is 32.2. The maximum absolute atomic E-state index is 12.7. The van der Waals surface area contributed by atoms with Crippen molar-refractivity contribution in [3.8, 4) is 11.1 Å². The summed E-state index contributed by atoms with van der Waals surface area (Å²) in [6.45, 7) is 0. The minimum absolute atomic E-state index is 0.0696. The van der Waals surface area contributed by atoms with Crippen molar-refractivity contribution in [2.75, 3.05) is 10.5 Å². The summed E-state index contributed by atoms with van der Waals surface area (Å²) in [5.74, 6) is 0.840. The van der Waals surface area contributed by atoms with E-state index < -0.39 is 10.0 Å². The average Bonchev–Trinajstić information content (AvgIpc) is 3.60. The Kier molecular flexibility index (Phi) is 6.29. The summed E-state index contributed by atoms with van der Waals surface area (Å²) in [4.78, 5) is 3.94. The van der Waals surface area contributed by atoms with Gasteiger partial charge in [-0.25, -0.2) is 13.4 Å². The van der Waals surface area contributed by atoms with Gasteiger partial charge in [0.15, 0.2) is 0 Å². The highest BCUT2D eigenvalue weighted by Crippen LogP contribution is 2.42. The number of benzene rings is 2. The van der Waals surface area contributed by atoms with E-state index in [1.165, 1.54) is 43.2 Å². The van der Waals surface area contributed by atoms with Gasteiger partial charge in [-0.1, -0.05) is 36.4 Å². The lowest BCUT2D eigenvalue weighted by Gasteiger charge is -2.27. The highest BCUT2D eigenvalue weighted by molar-refractivity contribution is 7.92. The van der Waals surface area contributed by atoms with Crippen LogP contribution in [0.1, 0.15) is 43.6 Å². The Labute approximate surface area is 201 Å². The van der Waals surface area contributed by atoms with E-state index in [4.69, 9.17) is 11.5 Å². The van der Waals surface area contributed by atoms with Crippen molar-refractivity contribution in [2.45, 2.75) is 61.0 Å². The van der Waals surface area contributed by atoms with Gasteiger partial charge in [-0.05, 0) is 73.1 Å². The summed E-state index contributed by atoms with van der Waals surface area (Å²) in [5, 5.41) is 3.82. The van der Waals surface area contributed by atoms with Crippen molar-refractivity contribution < 1.29 is 8.42 Å². The van der Waals surface area contributed by atoms with Crippen LogP contribution in [0.3, 0.4) is 0 Å². The summed E-state index contributed by atoms with van der Waals surface area (Å²) in [5.41, 5.74) is 15.4. The molecular formula is C26H31N5O2S. The molecule has 0 bridgehead atoms. The first-order valence-corrected chi connectivity index (χ1v) is 13.3.